The summed E-state index contributed by atoms with van der Waals surface area (Å²) in [5.74, 6) is 0.00744. The van der Waals surface area contributed by atoms with Crippen molar-refractivity contribution in [1.82, 2.24) is 4.31 Å². The Kier molecular flexibility index (Phi) is 4.60. The largest absolute Gasteiger partial charge is 0.298 e. The molecule has 0 N–H and O–H groups in total. The number of carbonyl (C=O) groups excluding carboxylic acids is 1. The molecule has 1 aromatic carbocycles. The minimum absolute atomic E-state index is 0.00744. The first-order valence-electron chi connectivity index (χ1n) is 7.05. The van der Waals surface area contributed by atoms with E-state index in [0.29, 0.717) is 12.8 Å². The van der Waals surface area contributed by atoms with Crippen LogP contribution < -0.4 is 0 Å². The molecule has 1 heterocycles. The third-order valence-electron chi connectivity index (χ3n) is 3.75. The van der Waals surface area contributed by atoms with Crippen LogP contribution in [0.15, 0.2) is 29.2 Å². The van der Waals surface area contributed by atoms with Crippen molar-refractivity contribution in [2.45, 2.75) is 50.5 Å². The molecule has 110 valence electrons. The Balaban J connectivity index is 2.34. The second-order valence-corrected chi connectivity index (χ2v) is 7.27. The van der Waals surface area contributed by atoms with Gasteiger partial charge in [0.05, 0.1) is 11.4 Å². The van der Waals surface area contributed by atoms with E-state index in [1.807, 2.05) is 13.8 Å². The van der Waals surface area contributed by atoms with E-state index >= 15 is 0 Å². The van der Waals surface area contributed by atoms with Crippen molar-refractivity contribution < 1.29 is 13.2 Å². The first-order valence-corrected chi connectivity index (χ1v) is 8.49. The Morgan fingerprint density at radius 3 is 2.50 bits per heavy atom. The highest BCUT2D eigenvalue weighted by Crippen LogP contribution is 2.26. The van der Waals surface area contributed by atoms with Gasteiger partial charge >= 0.3 is 0 Å². The second-order valence-electron chi connectivity index (χ2n) is 5.38. The summed E-state index contributed by atoms with van der Waals surface area (Å²) in [5, 5.41) is 0. The third kappa shape index (κ3) is 3.10. The van der Waals surface area contributed by atoms with Crippen LogP contribution in [-0.4, -0.2) is 31.1 Å². The molecule has 0 bridgehead atoms. The lowest BCUT2D eigenvalue weighted by molar-refractivity contribution is -0.121. The highest BCUT2D eigenvalue weighted by Gasteiger charge is 2.35. The molecule has 0 amide bonds. The first kappa shape index (κ1) is 15.2. The van der Waals surface area contributed by atoms with E-state index in [1.54, 1.807) is 24.3 Å². The summed E-state index contributed by atoms with van der Waals surface area (Å²) in [5.41, 5.74) is 1.02. The Bertz CT molecular complexity index is 578. The monoisotopic (exact) mass is 295 g/mol. The van der Waals surface area contributed by atoms with Gasteiger partial charge in [-0.25, -0.2) is 8.42 Å². The maximum atomic E-state index is 12.7. The summed E-state index contributed by atoms with van der Waals surface area (Å²) >= 11 is 0. The number of hydrogen-bond donors (Lipinski definition) is 0. The number of ketones is 1. The summed E-state index contributed by atoms with van der Waals surface area (Å²) < 4.78 is 26.8. The molecule has 0 radical (unpaired) electrons. The number of benzene rings is 1. The average molecular weight is 295 g/mol. The van der Waals surface area contributed by atoms with Crippen molar-refractivity contribution in [2.24, 2.45) is 0 Å². The average Bonchev–Trinajstić information content (AvgIpc) is 2.41. The Labute approximate surface area is 120 Å². The minimum Gasteiger partial charge on any atom is -0.298 e. The van der Waals surface area contributed by atoms with Gasteiger partial charge in [-0.05, 0) is 31.9 Å². The lowest BCUT2D eigenvalue weighted by atomic mass is 10.0. The van der Waals surface area contributed by atoms with Gasteiger partial charge < -0.3 is 0 Å². The standard InChI is InChI=1S/C15H21NO3S/c1-3-4-13-7-8-14(17)11-16(13)20(18,19)15-9-5-12(2)6-10-15/h5-6,9-10,13H,3-4,7-8,11H2,1-2H3/t13-/m1/s1. The Hall–Kier alpha value is -1.20. The van der Waals surface area contributed by atoms with Crippen LogP contribution in [0.1, 0.15) is 38.2 Å². The molecule has 1 atom stereocenters. The first-order chi connectivity index (χ1) is 9.45. The number of carbonyl (C=O) groups is 1. The highest BCUT2D eigenvalue weighted by molar-refractivity contribution is 7.89. The maximum Gasteiger partial charge on any atom is 0.243 e. The summed E-state index contributed by atoms with van der Waals surface area (Å²) in [6, 6.07) is 6.75. The van der Waals surface area contributed by atoms with Crippen LogP contribution in [-0.2, 0) is 14.8 Å². The van der Waals surface area contributed by atoms with Gasteiger partial charge in [-0.1, -0.05) is 31.0 Å². The van der Waals surface area contributed by atoms with Crippen LogP contribution in [0.2, 0.25) is 0 Å². The molecular weight excluding hydrogens is 274 g/mol. The van der Waals surface area contributed by atoms with Crippen molar-refractivity contribution >= 4 is 15.8 Å². The number of hydrogen-bond acceptors (Lipinski definition) is 3. The molecule has 1 saturated heterocycles. The van der Waals surface area contributed by atoms with Crippen LogP contribution in [0.25, 0.3) is 0 Å². The van der Waals surface area contributed by atoms with Crippen LogP contribution in [0.4, 0.5) is 0 Å². The third-order valence-corrected chi connectivity index (χ3v) is 5.66. The lowest BCUT2D eigenvalue weighted by Crippen LogP contribution is -2.47. The summed E-state index contributed by atoms with van der Waals surface area (Å²) in [7, 11) is -3.57. The summed E-state index contributed by atoms with van der Waals surface area (Å²) in [4.78, 5) is 11.9. The molecule has 1 fully saturated rings. The lowest BCUT2D eigenvalue weighted by Gasteiger charge is -2.33. The predicted molar refractivity (Wildman–Crippen MR) is 78.0 cm³/mol. The topological polar surface area (TPSA) is 54.5 Å². The van der Waals surface area contributed by atoms with Crippen LogP contribution in [0.3, 0.4) is 0 Å². The van der Waals surface area contributed by atoms with E-state index in [2.05, 4.69) is 0 Å². The molecule has 20 heavy (non-hydrogen) atoms. The van der Waals surface area contributed by atoms with Gasteiger partial charge in [0.15, 0.2) is 0 Å². The van der Waals surface area contributed by atoms with E-state index < -0.39 is 10.0 Å². The van der Waals surface area contributed by atoms with E-state index in [-0.39, 0.29) is 23.3 Å². The number of aryl methyl sites for hydroxylation is 1. The molecule has 1 aromatic rings. The number of piperidine rings is 1. The van der Waals surface area contributed by atoms with E-state index in [9.17, 15) is 13.2 Å². The fourth-order valence-electron chi connectivity index (χ4n) is 2.60. The molecule has 0 unspecified atom stereocenters. The van der Waals surface area contributed by atoms with Crippen LogP contribution in [0, 0.1) is 6.92 Å². The smallest absolute Gasteiger partial charge is 0.243 e. The normalized spacial score (nSPS) is 21.1. The van der Waals surface area contributed by atoms with Gasteiger partial charge in [0.1, 0.15) is 5.78 Å². The fraction of sp³-hybridized carbons (Fsp3) is 0.533. The van der Waals surface area contributed by atoms with Crippen molar-refractivity contribution in [3.8, 4) is 0 Å². The molecule has 1 aliphatic rings. The second kappa shape index (κ2) is 6.06. The molecule has 0 aromatic heterocycles. The Morgan fingerprint density at radius 1 is 1.25 bits per heavy atom. The van der Waals surface area contributed by atoms with Crippen LogP contribution in [0.5, 0.6) is 0 Å². The SMILES string of the molecule is CCC[C@@H]1CCC(=O)CN1S(=O)(=O)c1ccc(C)cc1. The molecule has 0 spiro atoms. The van der Waals surface area contributed by atoms with Gasteiger partial charge in [0.2, 0.25) is 10.0 Å². The maximum absolute atomic E-state index is 12.7. The van der Waals surface area contributed by atoms with Gasteiger partial charge in [0.25, 0.3) is 0 Å². The molecule has 4 nitrogen and oxygen atoms in total. The number of Topliss-reactive ketones (excluding diaryl/α,β-unsaturated/α-hetero) is 1. The van der Waals surface area contributed by atoms with Crippen molar-refractivity contribution in [2.75, 3.05) is 6.54 Å². The fourth-order valence-corrected chi connectivity index (χ4v) is 4.27. The Morgan fingerprint density at radius 2 is 1.90 bits per heavy atom. The van der Waals surface area contributed by atoms with Crippen molar-refractivity contribution in [1.29, 1.82) is 0 Å². The zero-order chi connectivity index (χ0) is 14.8. The molecule has 5 heteroatoms. The summed E-state index contributed by atoms with van der Waals surface area (Å²) in [6.45, 7) is 3.97. The summed E-state index contributed by atoms with van der Waals surface area (Å²) in [6.07, 6.45) is 2.85. The van der Waals surface area contributed by atoms with Crippen molar-refractivity contribution in [3.63, 3.8) is 0 Å². The van der Waals surface area contributed by atoms with E-state index in [0.717, 1.165) is 18.4 Å². The molecule has 0 saturated carbocycles. The quantitative estimate of drug-likeness (QED) is 0.857. The highest BCUT2D eigenvalue weighted by atomic mass is 32.2. The van der Waals surface area contributed by atoms with E-state index in [4.69, 9.17) is 0 Å². The van der Waals surface area contributed by atoms with Gasteiger partial charge in [-0.2, -0.15) is 4.31 Å². The predicted octanol–water partition coefficient (Wildman–Crippen LogP) is 2.52. The molecule has 2 rings (SSSR count). The number of rotatable bonds is 4. The molecule has 0 aliphatic carbocycles. The van der Waals surface area contributed by atoms with Gasteiger partial charge in [-0.3, -0.25) is 4.79 Å². The van der Waals surface area contributed by atoms with Gasteiger partial charge in [0, 0.05) is 12.5 Å². The van der Waals surface area contributed by atoms with E-state index in [1.165, 1.54) is 4.31 Å². The zero-order valence-electron chi connectivity index (χ0n) is 12.0. The zero-order valence-corrected chi connectivity index (χ0v) is 12.8. The minimum atomic E-state index is -3.57. The number of nitrogens with zero attached hydrogens (tertiary/aromatic N) is 1. The molecular formula is C15H21NO3S. The number of sulfonamides is 1. The van der Waals surface area contributed by atoms with Crippen LogP contribution >= 0.6 is 0 Å². The van der Waals surface area contributed by atoms with Gasteiger partial charge in [-0.15, -0.1) is 0 Å². The molecule has 1 aliphatic heterocycles. The van der Waals surface area contributed by atoms with Crippen molar-refractivity contribution in [3.05, 3.63) is 29.8 Å².